The molecule has 5 heteroatoms. The molecule has 102 valence electrons. The predicted molar refractivity (Wildman–Crippen MR) is 70.1 cm³/mol. The van der Waals surface area contributed by atoms with Gasteiger partial charge in [0.15, 0.2) is 11.6 Å². The Morgan fingerprint density at radius 2 is 2.21 bits per heavy atom. The van der Waals surface area contributed by atoms with Crippen molar-refractivity contribution in [2.75, 3.05) is 0 Å². The third-order valence-electron chi connectivity index (χ3n) is 4.18. The highest BCUT2D eigenvalue weighted by Crippen LogP contribution is 2.37. The van der Waals surface area contributed by atoms with Gasteiger partial charge in [-0.1, -0.05) is 18.5 Å². The first-order chi connectivity index (χ1) is 9.21. The third kappa shape index (κ3) is 2.30. The van der Waals surface area contributed by atoms with Crippen LogP contribution in [0.1, 0.15) is 44.9 Å². The molecule has 2 N–H and O–H groups in total. The smallest absolute Gasteiger partial charge is 0.293 e. The van der Waals surface area contributed by atoms with Gasteiger partial charge >= 0.3 is 0 Å². The van der Waals surface area contributed by atoms with Crippen LogP contribution in [-0.4, -0.2) is 10.1 Å². The van der Waals surface area contributed by atoms with Gasteiger partial charge in [0.05, 0.1) is 11.8 Å². The molecule has 0 spiro atoms. The lowest BCUT2D eigenvalue weighted by atomic mass is 9.76. The van der Waals surface area contributed by atoms with Gasteiger partial charge in [0.1, 0.15) is 0 Å². The minimum atomic E-state index is -0.444. The van der Waals surface area contributed by atoms with E-state index in [1.807, 2.05) is 0 Å². The standard InChI is InChI=1S/C14H19N3O2/c1-2-10-5-7-14(15,8-6-10)13-16-12(19-17-13)11-4-3-9-18-11/h3-4,9-10H,2,5-8,15H2,1H3. The fourth-order valence-electron chi connectivity index (χ4n) is 2.75. The van der Waals surface area contributed by atoms with Crippen molar-refractivity contribution >= 4 is 0 Å². The highest BCUT2D eigenvalue weighted by molar-refractivity contribution is 5.43. The predicted octanol–water partition coefficient (Wildman–Crippen LogP) is 3.08. The monoisotopic (exact) mass is 261 g/mol. The van der Waals surface area contributed by atoms with Crippen LogP contribution in [-0.2, 0) is 5.54 Å². The summed E-state index contributed by atoms with van der Waals surface area (Å²) in [5.41, 5.74) is 6.00. The Bertz CT molecular complexity index is 525. The fraction of sp³-hybridized carbons (Fsp3) is 0.571. The molecule has 0 amide bonds. The summed E-state index contributed by atoms with van der Waals surface area (Å²) in [5, 5.41) is 4.05. The van der Waals surface area contributed by atoms with E-state index in [2.05, 4.69) is 17.1 Å². The van der Waals surface area contributed by atoms with Crippen molar-refractivity contribution < 1.29 is 8.94 Å². The quantitative estimate of drug-likeness (QED) is 0.918. The van der Waals surface area contributed by atoms with Gasteiger partial charge in [-0.2, -0.15) is 4.98 Å². The molecular weight excluding hydrogens is 242 g/mol. The minimum absolute atomic E-state index is 0.405. The lowest BCUT2D eigenvalue weighted by Crippen LogP contribution is -2.41. The van der Waals surface area contributed by atoms with Gasteiger partial charge in [-0.15, -0.1) is 0 Å². The molecule has 0 saturated heterocycles. The molecule has 0 aromatic carbocycles. The fourth-order valence-corrected chi connectivity index (χ4v) is 2.75. The zero-order chi connectivity index (χ0) is 13.3. The lowest BCUT2D eigenvalue weighted by Gasteiger charge is -2.34. The van der Waals surface area contributed by atoms with Crippen LogP contribution in [0.25, 0.3) is 11.7 Å². The first-order valence-corrected chi connectivity index (χ1v) is 6.88. The molecule has 0 radical (unpaired) electrons. The van der Waals surface area contributed by atoms with E-state index < -0.39 is 5.54 Å². The molecule has 1 aliphatic carbocycles. The highest BCUT2D eigenvalue weighted by atomic mass is 16.5. The minimum Gasteiger partial charge on any atom is -0.459 e. The van der Waals surface area contributed by atoms with Crippen LogP contribution >= 0.6 is 0 Å². The summed E-state index contributed by atoms with van der Waals surface area (Å²) in [6.07, 6.45) is 6.92. The van der Waals surface area contributed by atoms with Gasteiger partial charge in [-0.05, 0) is 43.7 Å². The van der Waals surface area contributed by atoms with Crippen molar-refractivity contribution in [1.82, 2.24) is 10.1 Å². The zero-order valence-corrected chi connectivity index (χ0v) is 11.1. The molecule has 0 unspecified atom stereocenters. The Hall–Kier alpha value is -1.62. The van der Waals surface area contributed by atoms with Gasteiger partial charge in [0.25, 0.3) is 5.89 Å². The van der Waals surface area contributed by atoms with E-state index in [0.29, 0.717) is 17.5 Å². The molecule has 2 aromatic rings. The largest absolute Gasteiger partial charge is 0.459 e. The number of nitrogens with two attached hydrogens (primary N) is 1. The maximum absolute atomic E-state index is 6.45. The van der Waals surface area contributed by atoms with Gasteiger partial charge in [-0.25, -0.2) is 0 Å². The number of rotatable bonds is 3. The summed E-state index contributed by atoms with van der Waals surface area (Å²) in [6.45, 7) is 2.23. The second-order valence-electron chi connectivity index (χ2n) is 5.41. The first kappa shape index (κ1) is 12.4. The van der Waals surface area contributed by atoms with Gasteiger partial charge in [0, 0.05) is 0 Å². The van der Waals surface area contributed by atoms with Crippen molar-refractivity contribution in [3.8, 4) is 11.7 Å². The average molecular weight is 261 g/mol. The molecule has 0 bridgehead atoms. The van der Waals surface area contributed by atoms with E-state index >= 15 is 0 Å². The van der Waals surface area contributed by atoms with Crippen LogP contribution in [0.2, 0.25) is 0 Å². The zero-order valence-electron chi connectivity index (χ0n) is 11.1. The molecule has 5 nitrogen and oxygen atoms in total. The van der Waals surface area contributed by atoms with Gasteiger partial charge in [0.2, 0.25) is 0 Å². The highest BCUT2D eigenvalue weighted by Gasteiger charge is 2.37. The number of nitrogens with zero attached hydrogens (tertiary/aromatic N) is 2. The molecule has 1 aliphatic rings. The van der Waals surface area contributed by atoms with Crippen LogP contribution in [0.4, 0.5) is 0 Å². The molecule has 19 heavy (non-hydrogen) atoms. The summed E-state index contributed by atoms with van der Waals surface area (Å²) in [7, 11) is 0. The number of furan rings is 1. The van der Waals surface area contributed by atoms with Crippen molar-refractivity contribution in [3.05, 3.63) is 24.2 Å². The summed E-state index contributed by atoms with van der Waals surface area (Å²) in [4.78, 5) is 4.40. The summed E-state index contributed by atoms with van der Waals surface area (Å²) < 4.78 is 10.5. The van der Waals surface area contributed by atoms with Crippen LogP contribution in [0.15, 0.2) is 27.3 Å². The van der Waals surface area contributed by atoms with E-state index in [4.69, 9.17) is 14.7 Å². The molecule has 0 aliphatic heterocycles. The second kappa shape index (κ2) is 4.81. The van der Waals surface area contributed by atoms with Crippen LogP contribution < -0.4 is 5.73 Å². The number of hydrogen-bond acceptors (Lipinski definition) is 5. The number of aromatic nitrogens is 2. The Morgan fingerprint density at radius 3 is 2.84 bits per heavy atom. The molecule has 0 atom stereocenters. The first-order valence-electron chi connectivity index (χ1n) is 6.88. The Morgan fingerprint density at radius 1 is 1.42 bits per heavy atom. The van der Waals surface area contributed by atoms with Crippen molar-refractivity contribution in [2.24, 2.45) is 11.7 Å². The van der Waals surface area contributed by atoms with E-state index in [-0.39, 0.29) is 0 Å². The summed E-state index contributed by atoms with van der Waals surface area (Å²) in [6, 6.07) is 3.60. The van der Waals surface area contributed by atoms with Crippen molar-refractivity contribution in [2.45, 2.75) is 44.6 Å². The van der Waals surface area contributed by atoms with E-state index in [9.17, 15) is 0 Å². The maximum atomic E-state index is 6.45. The summed E-state index contributed by atoms with van der Waals surface area (Å²) in [5.74, 6) is 2.38. The Kier molecular flexibility index (Phi) is 3.14. The molecule has 3 rings (SSSR count). The van der Waals surface area contributed by atoms with Crippen molar-refractivity contribution in [1.29, 1.82) is 0 Å². The molecule has 2 heterocycles. The molecule has 2 aromatic heterocycles. The summed E-state index contributed by atoms with van der Waals surface area (Å²) >= 11 is 0. The van der Waals surface area contributed by atoms with Crippen LogP contribution in [0, 0.1) is 5.92 Å². The topological polar surface area (TPSA) is 78.1 Å². The molecule has 1 saturated carbocycles. The normalized spacial score (nSPS) is 27.6. The molecular formula is C14H19N3O2. The van der Waals surface area contributed by atoms with Gasteiger partial charge in [-0.3, -0.25) is 0 Å². The lowest BCUT2D eigenvalue weighted by molar-refractivity contribution is 0.216. The third-order valence-corrected chi connectivity index (χ3v) is 4.18. The number of hydrogen-bond donors (Lipinski definition) is 1. The van der Waals surface area contributed by atoms with E-state index in [1.165, 1.54) is 6.42 Å². The van der Waals surface area contributed by atoms with E-state index in [0.717, 1.165) is 31.6 Å². The SMILES string of the molecule is CCC1CCC(N)(c2noc(-c3ccco3)n2)CC1. The average Bonchev–Trinajstić information content (AvgIpc) is 3.10. The Balaban J connectivity index is 1.79. The van der Waals surface area contributed by atoms with E-state index in [1.54, 1.807) is 18.4 Å². The second-order valence-corrected chi connectivity index (χ2v) is 5.41. The van der Waals surface area contributed by atoms with Crippen LogP contribution in [0.5, 0.6) is 0 Å². The van der Waals surface area contributed by atoms with Gasteiger partial charge < -0.3 is 14.7 Å². The molecule has 1 fully saturated rings. The maximum Gasteiger partial charge on any atom is 0.293 e. The van der Waals surface area contributed by atoms with Crippen LogP contribution in [0.3, 0.4) is 0 Å². The van der Waals surface area contributed by atoms with Crippen molar-refractivity contribution in [3.63, 3.8) is 0 Å². The Labute approximate surface area is 112 Å².